The van der Waals surface area contributed by atoms with Crippen molar-refractivity contribution in [2.24, 2.45) is 5.10 Å². The van der Waals surface area contributed by atoms with Gasteiger partial charge < -0.3 is 14.8 Å². The second kappa shape index (κ2) is 9.69. The fourth-order valence-electron chi connectivity index (χ4n) is 2.07. The Morgan fingerprint density at radius 2 is 2.00 bits per heavy atom. The summed E-state index contributed by atoms with van der Waals surface area (Å²) in [4.78, 5) is 11.8. The highest BCUT2D eigenvalue weighted by molar-refractivity contribution is 5.84. The molecule has 0 aromatic heterocycles. The molecule has 2 N–H and O–H groups in total. The molecule has 0 spiro atoms. The number of amides is 1. The van der Waals surface area contributed by atoms with E-state index >= 15 is 0 Å². The summed E-state index contributed by atoms with van der Waals surface area (Å²) in [7, 11) is 1.51. The van der Waals surface area contributed by atoms with Crippen molar-refractivity contribution in [2.75, 3.05) is 25.6 Å². The van der Waals surface area contributed by atoms with E-state index in [0.29, 0.717) is 11.5 Å². The number of hydrazone groups is 1. The molecule has 0 aliphatic heterocycles. The molecule has 0 saturated heterocycles. The first-order chi connectivity index (χ1) is 12.6. The second-order valence-corrected chi connectivity index (χ2v) is 5.37. The number of hydrogen-bond donors (Lipinski definition) is 2. The second-order valence-electron chi connectivity index (χ2n) is 5.37. The largest absolute Gasteiger partial charge is 0.493 e. The number of nitriles is 1. The van der Waals surface area contributed by atoms with Gasteiger partial charge in [0.05, 0.1) is 19.9 Å². The van der Waals surface area contributed by atoms with Gasteiger partial charge in [0.15, 0.2) is 18.1 Å². The van der Waals surface area contributed by atoms with Crippen LogP contribution in [0.25, 0.3) is 0 Å². The molecule has 0 atom stereocenters. The molecule has 0 radical (unpaired) electrons. The third-order valence-electron chi connectivity index (χ3n) is 3.39. The van der Waals surface area contributed by atoms with E-state index in [1.54, 1.807) is 18.2 Å². The van der Waals surface area contributed by atoms with Crippen molar-refractivity contribution in [2.45, 2.75) is 6.92 Å². The number of carbonyl (C=O) groups excluding carboxylic acids is 1. The Labute approximate surface area is 152 Å². The third kappa shape index (κ3) is 5.83. The van der Waals surface area contributed by atoms with Crippen LogP contribution >= 0.6 is 0 Å². The smallest absolute Gasteiger partial charge is 0.259 e. The van der Waals surface area contributed by atoms with Crippen LogP contribution in [-0.2, 0) is 4.79 Å². The maximum absolute atomic E-state index is 11.8. The lowest BCUT2D eigenvalue weighted by Gasteiger charge is -2.08. The van der Waals surface area contributed by atoms with Gasteiger partial charge in [-0.15, -0.1) is 0 Å². The van der Waals surface area contributed by atoms with Gasteiger partial charge in [0.25, 0.3) is 5.91 Å². The highest BCUT2D eigenvalue weighted by Gasteiger charge is 2.05. The van der Waals surface area contributed by atoms with E-state index in [0.717, 1.165) is 16.8 Å². The van der Waals surface area contributed by atoms with Crippen LogP contribution in [0.5, 0.6) is 11.5 Å². The molecule has 134 valence electrons. The highest BCUT2D eigenvalue weighted by Crippen LogP contribution is 2.27. The zero-order valence-corrected chi connectivity index (χ0v) is 14.7. The topological polar surface area (TPSA) is 95.7 Å². The molecule has 0 heterocycles. The first-order valence-corrected chi connectivity index (χ1v) is 7.92. The Hall–Kier alpha value is -3.53. The summed E-state index contributed by atoms with van der Waals surface area (Å²) >= 11 is 0. The van der Waals surface area contributed by atoms with Gasteiger partial charge in [-0.3, -0.25) is 4.79 Å². The fraction of sp³-hybridized carbons (Fsp3) is 0.211. The minimum atomic E-state index is -0.261. The maximum Gasteiger partial charge on any atom is 0.259 e. The number of nitrogens with zero attached hydrogens (tertiary/aromatic N) is 2. The summed E-state index contributed by atoms with van der Waals surface area (Å²) in [6.07, 6.45) is 1.50. The quantitative estimate of drug-likeness (QED) is 0.562. The number of carbonyl (C=O) groups is 1. The van der Waals surface area contributed by atoms with Gasteiger partial charge in [0.2, 0.25) is 0 Å². The van der Waals surface area contributed by atoms with Gasteiger partial charge in [-0.2, -0.15) is 10.4 Å². The molecule has 0 aliphatic carbocycles. The summed E-state index contributed by atoms with van der Waals surface area (Å²) in [5, 5.41) is 15.5. The van der Waals surface area contributed by atoms with Gasteiger partial charge >= 0.3 is 0 Å². The average molecular weight is 352 g/mol. The molecule has 2 aromatic rings. The van der Waals surface area contributed by atoms with Crippen LogP contribution < -0.4 is 20.2 Å². The van der Waals surface area contributed by atoms with Crippen LogP contribution in [0.15, 0.2) is 47.6 Å². The van der Waals surface area contributed by atoms with E-state index in [1.165, 1.54) is 13.3 Å². The number of benzene rings is 2. The molecule has 2 rings (SSSR count). The lowest BCUT2D eigenvalue weighted by atomic mass is 10.2. The molecule has 1 amide bonds. The number of ether oxygens (including phenoxy) is 2. The molecule has 2 aromatic carbocycles. The van der Waals surface area contributed by atoms with Crippen molar-refractivity contribution in [1.82, 2.24) is 5.43 Å². The number of rotatable bonds is 8. The van der Waals surface area contributed by atoms with E-state index < -0.39 is 0 Å². The van der Waals surface area contributed by atoms with Crippen LogP contribution in [0.2, 0.25) is 0 Å². The molecular weight excluding hydrogens is 332 g/mol. The summed E-state index contributed by atoms with van der Waals surface area (Å²) in [5.74, 6) is 0.692. The Balaban J connectivity index is 1.86. The number of methoxy groups -OCH3 is 1. The van der Waals surface area contributed by atoms with Gasteiger partial charge in [-0.05, 0) is 42.8 Å². The first-order valence-electron chi connectivity index (χ1n) is 7.92. The first kappa shape index (κ1) is 18.8. The predicted octanol–water partition coefficient (Wildman–Crippen LogP) is 2.47. The van der Waals surface area contributed by atoms with E-state index in [-0.39, 0.29) is 19.1 Å². The van der Waals surface area contributed by atoms with Crippen molar-refractivity contribution in [1.29, 1.82) is 5.26 Å². The van der Waals surface area contributed by atoms with Crippen LogP contribution in [0.3, 0.4) is 0 Å². The summed E-state index contributed by atoms with van der Waals surface area (Å²) in [6.45, 7) is 2.06. The van der Waals surface area contributed by atoms with Gasteiger partial charge in [0, 0.05) is 5.69 Å². The van der Waals surface area contributed by atoms with Crippen molar-refractivity contribution in [3.63, 3.8) is 0 Å². The Morgan fingerprint density at radius 3 is 2.69 bits per heavy atom. The van der Waals surface area contributed by atoms with Crippen LogP contribution in [0.1, 0.15) is 11.1 Å². The summed E-state index contributed by atoms with van der Waals surface area (Å²) < 4.78 is 10.5. The lowest BCUT2D eigenvalue weighted by molar-refractivity contribution is -0.119. The van der Waals surface area contributed by atoms with E-state index in [2.05, 4.69) is 15.8 Å². The Kier molecular flexibility index (Phi) is 7.01. The number of hydrogen-bond acceptors (Lipinski definition) is 6. The van der Waals surface area contributed by atoms with Crippen molar-refractivity contribution < 1.29 is 14.3 Å². The SMILES string of the molecule is COc1cc(/C=N\NC(=O)CNc2ccc(C)cc2)ccc1OCC#N. The highest BCUT2D eigenvalue weighted by atomic mass is 16.5. The molecular formula is C19H20N4O3. The predicted molar refractivity (Wildman–Crippen MR) is 99.5 cm³/mol. The molecule has 0 unspecified atom stereocenters. The van der Waals surface area contributed by atoms with Crippen LogP contribution in [0.4, 0.5) is 5.69 Å². The van der Waals surface area contributed by atoms with Gasteiger partial charge in [0.1, 0.15) is 6.07 Å². The molecule has 0 fully saturated rings. The summed E-state index contributed by atoms with van der Waals surface area (Å²) in [5.41, 5.74) is 5.20. The lowest BCUT2D eigenvalue weighted by Crippen LogP contribution is -2.25. The monoisotopic (exact) mass is 352 g/mol. The zero-order chi connectivity index (χ0) is 18.8. The fourth-order valence-corrected chi connectivity index (χ4v) is 2.07. The Bertz CT molecular complexity index is 811. The maximum atomic E-state index is 11.8. The number of aryl methyl sites for hydroxylation is 1. The minimum Gasteiger partial charge on any atom is -0.493 e. The molecule has 0 saturated carbocycles. The number of nitrogens with one attached hydrogen (secondary N) is 2. The molecule has 0 bridgehead atoms. The standard InChI is InChI=1S/C19H20N4O3/c1-14-3-6-16(7-4-14)21-13-19(24)23-22-12-15-5-8-17(26-10-9-20)18(11-15)25-2/h3-8,11-12,21H,10,13H2,1-2H3,(H,23,24)/b22-12-. The molecule has 7 heteroatoms. The van der Waals surface area contributed by atoms with E-state index in [4.69, 9.17) is 14.7 Å². The molecule has 7 nitrogen and oxygen atoms in total. The zero-order valence-electron chi connectivity index (χ0n) is 14.7. The van der Waals surface area contributed by atoms with E-state index in [9.17, 15) is 4.79 Å². The average Bonchev–Trinajstić information content (AvgIpc) is 2.66. The van der Waals surface area contributed by atoms with Crippen molar-refractivity contribution >= 4 is 17.8 Å². The van der Waals surface area contributed by atoms with Crippen molar-refractivity contribution in [3.05, 3.63) is 53.6 Å². The normalized spacial score (nSPS) is 10.2. The summed E-state index contributed by atoms with van der Waals surface area (Å²) in [6, 6.07) is 14.8. The van der Waals surface area contributed by atoms with Gasteiger partial charge in [-0.25, -0.2) is 5.43 Å². The van der Waals surface area contributed by atoms with Gasteiger partial charge in [-0.1, -0.05) is 17.7 Å². The van der Waals surface area contributed by atoms with Crippen LogP contribution in [-0.4, -0.2) is 32.4 Å². The minimum absolute atomic E-state index is 0.0617. The molecule has 26 heavy (non-hydrogen) atoms. The van der Waals surface area contributed by atoms with Crippen molar-refractivity contribution in [3.8, 4) is 17.6 Å². The Morgan fingerprint density at radius 1 is 1.23 bits per heavy atom. The molecule has 0 aliphatic rings. The van der Waals surface area contributed by atoms with E-state index in [1.807, 2.05) is 37.3 Å². The third-order valence-corrected chi connectivity index (χ3v) is 3.39. The van der Waals surface area contributed by atoms with Crippen LogP contribution in [0, 0.1) is 18.3 Å². The number of anilines is 1.